The molecule has 1 aliphatic heterocycles. The van der Waals surface area contributed by atoms with Crippen LogP contribution in [0, 0.1) is 11.3 Å². The minimum Gasteiger partial charge on any atom is -0.318 e. The largest absolute Gasteiger partial charge is 0.318 e. The van der Waals surface area contributed by atoms with Crippen LogP contribution in [0.15, 0.2) is 0 Å². The van der Waals surface area contributed by atoms with Gasteiger partial charge in [-0.1, -0.05) is 20.8 Å². The first kappa shape index (κ1) is 12.4. The normalized spacial score (nSPS) is 39.4. The Morgan fingerprint density at radius 3 is 2.62 bits per heavy atom. The van der Waals surface area contributed by atoms with E-state index in [0.717, 1.165) is 18.0 Å². The Morgan fingerprint density at radius 2 is 2.06 bits per heavy atom. The summed E-state index contributed by atoms with van der Waals surface area (Å²) in [5.74, 6) is 0.882. The van der Waals surface area contributed by atoms with Crippen LogP contribution in [0.1, 0.15) is 46.5 Å². The van der Waals surface area contributed by atoms with E-state index >= 15 is 0 Å². The van der Waals surface area contributed by atoms with E-state index in [2.05, 4.69) is 38.0 Å². The minimum absolute atomic E-state index is 0.566. The quantitative estimate of drug-likeness (QED) is 0.792. The molecule has 2 aliphatic rings. The highest BCUT2D eigenvalue weighted by atomic mass is 15.2. The highest BCUT2D eigenvalue weighted by Crippen LogP contribution is 2.44. The zero-order valence-corrected chi connectivity index (χ0v) is 11.4. The minimum atomic E-state index is 0.566. The van der Waals surface area contributed by atoms with Crippen molar-refractivity contribution in [2.45, 2.75) is 58.5 Å². The zero-order valence-electron chi connectivity index (χ0n) is 11.4. The van der Waals surface area contributed by atoms with Crippen molar-refractivity contribution in [2.24, 2.45) is 11.3 Å². The van der Waals surface area contributed by atoms with Gasteiger partial charge in [0, 0.05) is 18.6 Å². The number of rotatable bonds is 3. The lowest BCUT2D eigenvalue weighted by molar-refractivity contribution is 0.146. The second kappa shape index (κ2) is 4.66. The van der Waals surface area contributed by atoms with Crippen LogP contribution in [-0.2, 0) is 0 Å². The Balaban J connectivity index is 2.01. The van der Waals surface area contributed by atoms with Gasteiger partial charge in [0.1, 0.15) is 0 Å². The summed E-state index contributed by atoms with van der Waals surface area (Å²) in [6.07, 6.45) is 5.59. The Hall–Kier alpha value is -0.0800. The molecule has 0 aromatic rings. The van der Waals surface area contributed by atoms with E-state index in [-0.39, 0.29) is 0 Å². The van der Waals surface area contributed by atoms with Gasteiger partial charge in [-0.2, -0.15) is 0 Å². The predicted molar refractivity (Wildman–Crippen MR) is 69.6 cm³/mol. The van der Waals surface area contributed by atoms with E-state index in [9.17, 15) is 0 Å². The van der Waals surface area contributed by atoms with Crippen LogP contribution in [-0.4, -0.2) is 37.1 Å². The van der Waals surface area contributed by atoms with Crippen LogP contribution in [0.2, 0.25) is 0 Å². The van der Waals surface area contributed by atoms with Crippen LogP contribution >= 0.6 is 0 Å². The summed E-state index contributed by atoms with van der Waals surface area (Å²) in [7, 11) is 2.08. The Bertz CT molecular complexity index is 237. The molecule has 0 aromatic carbocycles. The molecule has 1 N–H and O–H groups in total. The summed E-state index contributed by atoms with van der Waals surface area (Å²) in [5.41, 5.74) is 0.566. The number of likely N-dealkylation sites (N-methyl/N-ethyl adjacent to an activating group) is 1. The molecule has 1 saturated carbocycles. The van der Waals surface area contributed by atoms with E-state index in [1.807, 2.05) is 0 Å². The number of nitrogens with zero attached hydrogens (tertiary/aromatic N) is 1. The highest BCUT2D eigenvalue weighted by Gasteiger charge is 2.42. The summed E-state index contributed by atoms with van der Waals surface area (Å²) in [5, 5.41) is 3.36. The van der Waals surface area contributed by atoms with Crippen LogP contribution < -0.4 is 5.32 Å². The SMILES string of the molecule is CNCC1CCCN1C1CC(C)(C)CC1C. The van der Waals surface area contributed by atoms with Gasteiger partial charge in [0.2, 0.25) is 0 Å². The van der Waals surface area contributed by atoms with Gasteiger partial charge in [-0.05, 0) is 50.6 Å². The third-order valence-electron chi connectivity index (χ3n) is 4.58. The fraction of sp³-hybridized carbons (Fsp3) is 1.00. The average Bonchev–Trinajstić information content (AvgIpc) is 2.71. The van der Waals surface area contributed by atoms with Crippen molar-refractivity contribution in [2.75, 3.05) is 20.1 Å². The Kier molecular flexibility index (Phi) is 3.60. The maximum Gasteiger partial charge on any atom is 0.0224 e. The topological polar surface area (TPSA) is 15.3 Å². The van der Waals surface area contributed by atoms with Crippen LogP contribution in [0.3, 0.4) is 0 Å². The molecule has 0 radical (unpaired) electrons. The molecule has 0 amide bonds. The van der Waals surface area contributed by atoms with E-state index < -0.39 is 0 Å². The van der Waals surface area contributed by atoms with Gasteiger partial charge in [-0.3, -0.25) is 4.90 Å². The lowest BCUT2D eigenvalue weighted by atomic mass is 9.91. The molecule has 1 aliphatic carbocycles. The number of hydrogen-bond acceptors (Lipinski definition) is 2. The maximum absolute atomic E-state index is 3.36. The van der Waals surface area contributed by atoms with Gasteiger partial charge in [-0.15, -0.1) is 0 Å². The predicted octanol–water partition coefficient (Wildman–Crippen LogP) is 2.49. The molecule has 3 atom stereocenters. The fourth-order valence-corrected chi connectivity index (χ4v) is 4.05. The van der Waals surface area contributed by atoms with Crippen molar-refractivity contribution in [3.05, 3.63) is 0 Å². The monoisotopic (exact) mass is 224 g/mol. The summed E-state index contributed by atoms with van der Waals surface area (Å²) in [4.78, 5) is 2.80. The second-order valence-corrected chi connectivity index (χ2v) is 6.71. The van der Waals surface area contributed by atoms with E-state index in [1.54, 1.807) is 0 Å². The molecule has 2 fully saturated rings. The van der Waals surface area contributed by atoms with Crippen molar-refractivity contribution in [1.29, 1.82) is 0 Å². The highest BCUT2D eigenvalue weighted by molar-refractivity contribution is 4.96. The molecule has 0 spiro atoms. The van der Waals surface area contributed by atoms with Crippen molar-refractivity contribution in [3.63, 3.8) is 0 Å². The van der Waals surface area contributed by atoms with Crippen molar-refractivity contribution < 1.29 is 0 Å². The molecule has 2 heteroatoms. The molecule has 0 aromatic heterocycles. The summed E-state index contributed by atoms with van der Waals surface area (Å²) >= 11 is 0. The lowest BCUT2D eigenvalue weighted by Gasteiger charge is -2.33. The van der Waals surface area contributed by atoms with Crippen molar-refractivity contribution in [1.82, 2.24) is 10.2 Å². The summed E-state index contributed by atoms with van der Waals surface area (Å²) in [6, 6.07) is 1.64. The third-order valence-corrected chi connectivity index (χ3v) is 4.58. The number of nitrogens with one attached hydrogen (secondary N) is 1. The molecule has 3 unspecified atom stereocenters. The van der Waals surface area contributed by atoms with Crippen LogP contribution in [0.4, 0.5) is 0 Å². The smallest absolute Gasteiger partial charge is 0.0224 e. The lowest BCUT2D eigenvalue weighted by Crippen LogP contribution is -2.44. The standard InChI is InChI=1S/C14H28N2/c1-11-8-14(2,3)9-13(11)16-7-5-6-12(16)10-15-4/h11-13,15H,5-10H2,1-4H3. The molecule has 0 bridgehead atoms. The van der Waals surface area contributed by atoms with Crippen molar-refractivity contribution in [3.8, 4) is 0 Å². The van der Waals surface area contributed by atoms with E-state index in [4.69, 9.17) is 0 Å². The van der Waals surface area contributed by atoms with Gasteiger partial charge in [0.05, 0.1) is 0 Å². The van der Waals surface area contributed by atoms with Gasteiger partial charge in [-0.25, -0.2) is 0 Å². The molecule has 94 valence electrons. The molecule has 1 saturated heterocycles. The molecule has 1 heterocycles. The average molecular weight is 224 g/mol. The van der Waals surface area contributed by atoms with Crippen molar-refractivity contribution >= 4 is 0 Å². The summed E-state index contributed by atoms with van der Waals surface area (Å²) < 4.78 is 0. The first-order valence-corrected chi connectivity index (χ1v) is 6.94. The van der Waals surface area contributed by atoms with Crippen LogP contribution in [0.5, 0.6) is 0 Å². The molecular formula is C14H28N2. The molecule has 2 rings (SSSR count). The van der Waals surface area contributed by atoms with Gasteiger partial charge in [0.15, 0.2) is 0 Å². The van der Waals surface area contributed by atoms with Crippen LogP contribution in [0.25, 0.3) is 0 Å². The zero-order chi connectivity index (χ0) is 11.8. The maximum atomic E-state index is 3.36. The first-order chi connectivity index (χ1) is 7.53. The van der Waals surface area contributed by atoms with Gasteiger partial charge < -0.3 is 5.32 Å². The van der Waals surface area contributed by atoms with E-state index in [1.165, 1.54) is 38.8 Å². The molecular weight excluding hydrogens is 196 g/mol. The number of hydrogen-bond donors (Lipinski definition) is 1. The molecule has 2 nitrogen and oxygen atoms in total. The Labute approximate surface area is 101 Å². The Morgan fingerprint density at radius 1 is 1.31 bits per heavy atom. The van der Waals surface area contributed by atoms with Gasteiger partial charge in [0.25, 0.3) is 0 Å². The second-order valence-electron chi connectivity index (χ2n) is 6.71. The summed E-state index contributed by atoms with van der Waals surface area (Å²) in [6.45, 7) is 9.83. The number of likely N-dealkylation sites (tertiary alicyclic amines) is 1. The van der Waals surface area contributed by atoms with Gasteiger partial charge >= 0.3 is 0 Å². The third kappa shape index (κ3) is 2.43. The molecule has 16 heavy (non-hydrogen) atoms. The van der Waals surface area contributed by atoms with E-state index in [0.29, 0.717) is 5.41 Å². The first-order valence-electron chi connectivity index (χ1n) is 6.94. The fourth-order valence-electron chi connectivity index (χ4n) is 4.05.